The molecule has 0 unspecified atom stereocenters. The maximum absolute atomic E-state index is 12.8. The van der Waals surface area contributed by atoms with Crippen LogP contribution in [0.1, 0.15) is 14.6 Å². The van der Waals surface area contributed by atoms with E-state index in [0.717, 1.165) is 30.3 Å². The van der Waals surface area contributed by atoms with Gasteiger partial charge in [0.2, 0.25) is 0 Å². The molecule has 3 aromatic rings. The summed E-state index contributed by atoms with van der Waals surface area (Å²) in [4.78, 5) is 10.3. The third kappa shape index (κ3) is 8.11. The van der Waals surface area contributed by atoms with Gasteiger partial charge in [-0.3, -0.25) is 18.5 Å². The Hall–Kier alpha value is -0.280. The predicted molar refractivity (Wildman–Crippen MR) is 117 cm³/mol. The van der Waals surface area contributed by atoms with Gasteiger partial charge >= 0.3 is 88.7 Å². The van der Waals surface area contributed by atoms with E-state index in [4.69, 9.17) is 5.73 Å². The number of carbonyl (C=O) groups is 1. The number of nitrogens with one attached hydrogen (secondary N) is 1. The molecule has 0 fully saturated rings. The first-order chi connectivity index (χ1) is 15.0. The Morgan fingerprint density at radius 1 is 0.778 bits per heavy atom. The fourth-order valence-corrected chi connectivity index (χ4v) is 4.77. The monoisotopic (exact) mass is 590 g/mol. The van der Waals surface area contributed by atoms with Crippen molar-refractivity contribution in [3.63, 3.8) is 0 Å². The first-order valence-electron chi connectivity index (χ1n) is 8.42. The molecule has 0 aliphatic carbocycles. The van der Waals surface area contributed by atoms with Crippen LogP contribution in [0.5, 0.6) is 5.75 Å². The Kier molecular flexibility index (Phi) is 12.6. The van der Waals surface area contributed by atoms with Gasteiger partial charge in [0.05, 0.1) is 21.0 Å². The van der Waals surface area contributed by atoms with Crippen molar-refractivity contribution in [3.8, 4) is 5.75 Å². The summed E-state index contributed by atoms with van der Waals surface area (Å²) in [5.74, 6) is -2.01. The second-order valence-electron chi connectivity index (χ2n) is 6.65. The molecule has 182 valence electrons. The molecule has 36 heavy (non-hydrogen) atoms. The van der Waals surface area contributed by atoms with Gasteiger partial charge in [0.1, 0.15) is 10.6 Å². The number of nitrogen functional groups attached to an aromatic ring is 1. The average molecular weight is 590 g/mol. The molecule has 0 aliphatic rings. The van der Waals surface area contributed by atoms with Gasteiger partial charge in [-0.25, -0.2) is 0 Å². The average Bonchev–Trinajstić information content (AvgIpc) is 2.65. The molecular weight excluding hydrogens is 573 g/mol. The number of rotatable bonds is 5. The van der Waals surface area contributed by atoms with Crippen LogP contribution in [0.15, 0.2) is 57.2 Å². The Morgan fingerprint density at radius 2 is 1.28 bits per heavy atom. The molecule has 0 atom stereocenters. The number of phenols is 1. The molecule has 13 nitrogen and oxygen atoms in total. The van der Waals surface area contributed by atoms with Gasteiger partial charge in [-0.05, 0) is 41.8 Å². The molecule has 1 amide bonds. The molecule has 0 heterocycles. The zero-order valence-electron chi connectivity index (χ0n) is 22.0. The van der Waals surface area contributed by atoms with Crippen LogP contribution in [0.4, 0.5) is 11.4 Å². The van der Waals surface area contributed by atoms with Gasteiger partial charge in [-0.1, -0.05) is 0 Å². The molecule has 0 saturated heterocycles. The van der Waals surface area contributed by atoms with E-state index in [1.807, 2.05) is 0 Å². The van der Waals surface area contributed by atoms with Gasteiger partial charge in [-0.15, -0.1) is 0 Å². The van der Waals surface area contributed by atoms with E-state index in [9.17, 15) is 48.8 Å². The predicted octanol–water partition coefficient (Wildman–Crippen LogP) is -7.53. The third-order valence-electron chi connectivity index (χ3n) is 4.35. The molecule has 0 bridgehead atoms. The number of hydrogen-bond donors (Lipinski definition) is 6. The van der Waals surface area contributed by atoms with Crippen molar-refractivity contribution in [3.05, 3.63) is 48.0 Å². The van der Waals surface area contributed by atoms with Crippen LogP contribution in [-0.4, -0.2) is 49.9 Å². The van der Waals surface area contributed by atoms with Crippen LogP contribution in [0.3, 0.4) is 0 Å². The largest absolute Gasteiger partial charge is 1.00 e. The molecule has 0 aliphatic heterocycles. The van der Waals surface area contributed by atoms with E-state index >= 15 is 0 Å². The number of hydrogen-bond acceptors (Lipinski definition) is 9. The molecular formula is C17H17N2Na3O11S3. The third-order valence-corrected chi connectivity index (χ3v) is 6.90. The van der Waals surface area contributed by atoms with Crippen LogP contribution >= 0.6 is 0 Å². The molecule has 19 heteroatoms. The molecule has 3 aromatic carbocycles. The van der Waals surface area contributed by atoms with Crippen LogP contribution in [0, 0.1) is 0 Å². The maximum Gasteiger partial charge on any atom is 1.00 e. The number of amides is 1. The summed E-state index contributed by atoms with van der Waals surface area (Å²) in [6.45, 7) is 0. The van der Waals surface area contributed by atoms with Crippen molar-refractivity contribution >= 4 is 58.4 Å². The normalized spacial score (nSPS) is 11.5. The summed E-state index contributed by atoms with van der Waals surface area (Å²) in [5.41, 5.74) is 4.29. The zero-order valence-corrected chi connectivity index (χ0v) is 27.4. The fourth-order valence-electron chi connectivity index (χ4n) is 2.96. The summed E-state index contributed by atoms with van der Waals surface area (Å²) in [6.07, 6.45) is 0. The van der Waals surface area contributed by atoms with Crippen molar-refractivity contribution in [2.24, 2.45) is 0 Å². The van der Waals surface area contributed by atoms with Gasteiger partial charge in [0, 0.05) is 17.1 Å². The van der Waals surface area contributed by atoms with Crippen molar-refractivity contribution in [2.75, 3.05) is 11.1 Å². The first-order valence-corrected chi connectivity index (χ1v) is 12.7. The molecule has 0 radical (unpaired) electrons. The SMILES string of the molecule is Nc1ccc(C(=O)Nc2cc(S(=O)(=O)O)cc3cc(S(=O)(=O)O)cc(O)c23)c(S(=O)(=O)O)c1.[H-].[H-].[H-].[Na+].[Na+].[Na+]. The molecule has 7 N–H and O–H groups in total. The van der Waals surface area contributed by atoms with E-state index in [-0.39, 0.29) is 109 Å². The Labute approximate surface area is 276 Å². The van der Waals surface area contributed by atoms with Gasteiger partial charge in [0.15, 0.2) is 0 Å². The molecule has 0 spiro atoms. The Bertz CT molecular complexity index is 1670. The number of nitrogens with two attached hydrogens (primary N) is 1. The summed E-state index contributed by atoms with van der Waals surface area (Å²) in [5, 5.41) is 11.8. The van der Waals surface area contributed by atoms with Gasteiger partial charge in [0.25, 0.3) is 36.3 Å². The fraction of sp³-hybridized carbons (Fsp3) is 0. The van der Waals surface area contributed by atoms with Gasteiger partial charge in [-0.2, -0.15) is 25.3 Å². The van der Waals surface area contributed by atoms with Crippen molar-refractivity contribution < 1.29 is 142 Å². The minimum Gasteiger partial charge on any atom is -1.00 e. The molecule has 0 saturated carbocycles. The van der Waals surface area contributed by atoms with Crippen LogP contribution in [-0.2, 0) is 30.4 Å². The smallest absolute Gasteiger partial charge is 1.00 e. The minimum atomic E-state index is -4.92. The number of fused-ring (bicyclic) bond motifs is 1. The number of benzene rings is 3. The Balaban J connectivity index is -0.00000102. The summed E-state index contributed by atoms with van der Waals surface area (Å²) < 4.78 is 97.5. The van der Waals surface area contributed by atoms with Crippen molar-refractivity contribution in [1.29, 1.82) is 0 Å². The number of carbonyl (C=O) groups excluding carboxylic acids is 1. The number of phenolic OH excluding ortho intramolecular Hbond substituents is 1. The quantitative estimate of drug-likeness (QED) is 0.0923. The first kappa shape index (κ1) is 35.7. The van der Waals surface area contributed by atoms with E-state index in [0.29, 0.717) is 12.1 Å². The molecule has 3 rings (SSSR count). The van der Waals surface area contributed by atoms with E-state index in [1.165, 1.54) is 0 Å². The summed E-state index contributed by atoms with van der Waals surface area (Å²) >= 11 is 0. The van der Waals surface area contributed by atoms with Crippen LogP contribution < -0.4 is 99.7 Å². The number of aromatic hydroxyl groups is 1. The number of anilines is 2. The second-order valence-corrected chi connectivity index (χ2v) is 10.9. The zero-order chi connectivity index (χ0) is 24.9. The maximum atomic E-state index is 12.8. The summed E-state index contributed by atoms with van der Waals surface area (Å²) in [6, 6.07) is 5.76. The minimum absolute atomic E-state index is 0. The van der Waals surface area contributed by atoms with Crippen LogP contribution in [0.2, 0.25) is 0 Å². The van der Waals surface area contributed by atoms with E-state index in [1.54, 1.807) is 0 Å². The van der Waals surface area contributed by atoms with Crippen molar-refractivity contribution in [1.82, 2.24) is 0 Å². The standard InChI is InChI=1S/C17H14N2O11S3.3Na.3H/c18-9-1-2-12(15(5-9)33(28,29)30)17(21)19-13-6-10(31(22,23)24)3-8-4-11(32(25,26)27)7-14(20)16(8)13;;;;;;/h1-7,20H,18H2,(H,19,21)(H,22,23,24)(H,25,26,27)(H,28,29,30);;;;;;/q;3*+1;3*-1. The van der Waals surface area contributed by atoms with Crippen molar-refractivity contribution in [2.45, 2.75) is 14.7 Å². The second kappa shape index (κ2) is 12.7. The van der Waals surface area contributed by atoms with E-state index in [2.05, 4.69) is 5.32 Å². The van der Waals surface area contributed by atoms with Gasteiger partial charge < -0.3 is 20.4 Å². The van der Waals surface area contributed by atoms with Crippen LogP contribution in [0.25, 0.3) is 10.8 Å². The van der Waals surface area contributed by atoms with E-state index < -0.39 is 67.9 Å². The summed E-state index contributed by atoms with van der Waals surface area (Å²) in [7, 11) is -14.7. The Morgan fingerprint density at radius 3 is 1.75 bits per heavy atom. The molecule has 0 aromatic heterocycles. The topological polar surface area (TPSA) is 238 Å².